The Labute approximate surface area is 325 Å². The van der Waals surface area contributed by atoms with Crippen LogP contribution in [-0.2, 0) is 43.5 Å². The van der Waals surface area contributed by atoms with Gasteiger partial charge in [0.05, 0.1) is 27.9 Å². The quantitative estimate of drug-likeness (QED) is 0.105. The van der Waals surface area contributed by atoms with Crippen LogP contribution >= 0.6 is 11.8 Å². The number of pyridine rings is 1. The molecular formula is C38H40N6O11S. The standard InChI is InChI=1S/C38H40N6O11S/c1-22-32-31(23(2)45)36(47)42(32)33(37(48)54-20-24-7-11-27(12-8-24)43(50)51)34(22)56-29-18-30(35(46)40(3)17-15-26-6-4-5-16-39-26)41(19-29)38(49)55-21-25-9-13-28(14-10-25)44(52)53/h4-14,16,22-23,29-32,45H,15,17-21H2,1-3H3/t22-,23?,29+,30+,31-,32-/m1/s1. The molecule has 1 N–H and O–H groups in total. The van der Waals surface area contributed by atoms with Gasteiger partial charge in [0.15, 0.2) is 0 Å². The van der Waals surface area contributed by atoms with Crippen LogP contribution in [0.1, 0.15) is 37.1 Å². The first kappa shape index (κ1) is 39.8. The van der Waals surface area contributed by atoms with Gasteiger partial charge in [-0.2, -0.15) is 0 Å². The lowest BCUT2D eigenvalue weighted by Gasteiger charge is -2.46. The Morgan fingerprint density at radius 3 is 2.14 bits per heavy atom. The van der Waals surface area contributed by atoms with Gasteiger partial charge in [-0.1, -0.05) is 13.0 Å². The van der Waals surface area contributed by atoms with E-state index in [1.807, 2.05) is 19.1 Å². The summed E-state index contributed by atoms with van der Waals surface area (Å²) in [7, 11) is 1.64. The number of thioether (sulfide) groups is 1. The third-order valence-corrected chi connectivity index (χ3v) is 11.7. The first-order valence-electron chi connectivity index (χ1n) is 17.9. The molecule has 2 aromatic carbocycles. The average molecular weight is 789 g/mol. The number of rotatable bonds is 14. The molecule has 0 aliphatic carbocycles. The summed E-state index contributed by atoms with van der Waals surface area (Å²) in [6, 6.07) is 15.1. The van der Waals surface area contributed by atoms with Crippen molar-refractivity contribution in [1.29, 1.82) is 0 Å². The lowest BCUT2D eigenvalue weighted by atomic mass is 9.79. The number of β-lactam (4-membered cyclic amide) rings is 1. The number of likely N-dealkylation sites (N-methyl/N-ethyl adjacent to an activating group) is 1. The van der Waals surface area contributed by atoms with Gasteiger partial charge in [-0.05, 0) is 60.9 Å². The molecule has 4 heterocycles. The zero-order valence-corrected chi connectivity index (χ0v) is 31.6. The summed E-state index contributed by atoms with van der Waals surface area (Å²) in [5.74, 6) is -2.72. The van der Waals surface area contributed by atoms with E-state index in [0.29, 0.717) is 29.0 Å². The van der Waals surface area contributed by atoms with Crippen molar-refractivity contribution < 1.29 is 43.6 Å². The topological polar surface area (TPSA) is 216 Å². The van der Waals surface area contributed by atoms with Gasteiger partial charge in [0, 0.05) is 78.8 Å². The molecule has 0 spiro atoms. The SMILES string of the molecule is CC(O)[C@H]1C(=O)N2C(C(=O)OCc3ccc([N+](=O)[O-])cc3)=C(S[C@H]3C[C@@H](C(=O)N(C)CCc4ccccn4)N(C(=O)OCc4ccc([N+](=O)[O-])cc4)C3)[C@H](C)[C@H]12. The number of nitrogens with zero attached hydrogens (tertiary/aromatic N) is 6. The molecule has 6 atom stereocenters. The molecule has 0 saturated carbocycles. The number of likely N-dealkylation sites (tertiary alicyclic amines) is 1. The first-order chi connectivity index (χ1) is 26.7. The van der Waals surface area contributed by atoms with Crippen molar-refractivity contribution in [2.75, 3.05) is 20.1 Å². The Hall–Kier alpha value is -5.88. The van der Waals surface area contributed by atoms with Gasteiger partial charge in [0.25, 0.3) is 11.4 Å². The van der Waals surface area contributed by atoms with Crippen molar-refractivity contribution >= 4 is 47.0 Å². The fourth-order valence-corrected chi connectivity index (χ4v) is 8.75. The van der Waals surface area contributed by atoms with Crippen molar-refractivity contribution in [3.63, 3.8) is 0 Å². The molecule has 18 heteroatoms. The first-order valence-corrected chi connectivity index (χ1v) is 18.8. The molecule has 2 fully saturated rings. The summed E-state index contributed by atoms with van der Waals surface area (Å²) in [4.78, 5) is 85.0. The summed E-state index contributed by atoms with van der Waals surface area (Å²) < 4.78 is 11.3. The molecule has 3 amide bonds. The summed E-state index contributed by atoms with van der Waals surface area (Å²) in [6.45, 7) is 3.31. The minimum atomic E-state index is -0.982. The van der Waals surface area contributed by atoms with Gasteiger partial charge in [-0.25, -0.2) is 9.59 Å². The molecule has 3 aromatic rings. The molecule has 2 saturated heterocycles. The van der Waals surface area contributed by atoms with Crippen LogP contribution in [0.3, 0.4) is 0 Å². The Morgan fingerprint density at radius 1 is 0.982 bits per heavy atom. The van der Waals surface area contributed by atoms with E-state index in [9.17, 15) is 44.5 Å². The van der Waals surface area contributed by atoms with Gasteiger partial charge in [0.1, 0.15) is 25.0 Å². The number of carbonyl (C=O) groups excluding carboxylic acids is 4. The molecular weight excluding hydrogens is 749 g/mol. The number of hydrogen-bond acceptors (Lipinski definition) is 13. The number of aliphatic hydroxyl groups is 1. The van der Waals surface area contributed by atoms with E-state index in [-0.39, 0.29) is 49.2 Å². The number of amides is 3. The predicted octanol–water partition coefficient (Wildman–Crippen LogP) is 4.22. The third-order valence-electron chi connectivity index (χ3n) is 10.2. The van der Waals surface area contributed by atoms with Crippen LogP contribution in [-0.4, -0.2) is 102 Å². The number of aliphatic hydroxyl groups excluding tert-OH is 1. The highest BCUT2D eigenvalue weighted by atomic mass is 32.2. The van der Waals surface area contributed by atoms with Crippen LogP contribution < -0.4 is 0 Å². The average Bonchev–Trinajstić information content (AvgIpc) is 3.72. The van der Waals surface area contributed by atoms with Gasteiger partial charge in [-0.3, -0.25) is 39.7 Å². The van der Waals surface area contributed by atoms with Crippen molar-refractivity contribution in [2.24, 2.45) is 11.8 Å². The summed E-state index contributed by atoms with van der Waals surface area (Å²) in [6.07, 6.45) is 0.571. The van der Waals surface area contributed by atoms with Crippen molar-refractivity contribution in [2.45, 2.75) is 63.3 Å². The summed E-state index contributed by atoms with van der Waals surface area (Å²) in [5.41, 5.74) is 1.57. The molecule has 1 unspecified atom stereocenters. The molecule has 0 radical (unpaired) electrons. The Balaban J connectivity index is 1.23. The largest absolute Gasteiger partial charge is 0.456 e. The summed E-state index contributed by atoms with van der Waals surface area (Å²) >= 11 is 1.27. The number of hydrogen-bond donors (Lipinski definition) is 1. The Bertz CT molecular complexity index is 2030. The predicted molar refractivity (Wildman–Crippen MR) is 200 cm³/mol. The smallest absolute Gasteiger partial charge is 0.410 e. The molecule has 294 valence electrons. The number of ether oxygens (including phenoxy) is 2. The molecule has 6 rings (SSSR count). The Kier molecular flexibility index (Phi) is 12.0. The monoisotopic (exact) mass is 788 g/mol. The zero-order valence-electron chi connectivity index (χ0n) is 30.8. The summed E-state index contributed by atoms with van der Waals surface area (Å²) in [5, 5.41) is 32.2. The van der Waals surface area contributed by atoms with E-state index in [0.717, 1.165) is 5.69 Å². The highest BCUT2D eigenvalue weighted by Crippen LogP contribution is 2.52. The van der Waals surface area contributed by atoms with E-state index in [4.69, 9.17) is 9.47 Å². The van der Waals surface area contributed by atoms with Crippen LogP contribution in [0.15, 0.2) is 83.5 Å². The Morgan fingerprint density at radius 2 is 1.59 bits per heavy atom. The second kappa shape index (κ2) is 16.9. The number of benzene rings is 2. The number of nitro benzene ring substituents is 2. The lowest BCUT2D eigenvalue weighted by Crippen LogP contribution is -2.63. The number of aromatic nitrogens is 1. The minimum absolute atomic E-state index is 0.0193. The number of carbonyl (C=O) groups is 4. The highest BCUT2D eigenvalue weighted by Gasteiger charge is 2.60. The minimum Gasteiger partial charge on any atom is -0.456 e. The van der Waals surface area contributed by atoms with E-state index in [2.05, 4.69) is 4.98 Å². The number of non-ortho nitro benzene ring substituents is 2. The van der Waals surface area contributed by atoms with Crippen LogP contribution in [0.25, 0.3) is 0 Å². The van der Waals surface area contributed by atoms with Crippen LogP contribution in [0.5, 0.6) is 0 Å². The zero-order chi connectivity index (χ0) is 40.3. The molecule has 3 aliphatic heterocycles. The van der Waals surface area contributed by atoms with E-state index >= 15 is 0 Å². The molecule has 1 aromatic heterocycles. The second-order valence-electron chi connectivity index (χ2n) is 13.9. The molecule has 17 nitrogen and oxygen atoms in total. The normalized spacial score (nSPS) is 21.9. The second-order valence-corrected chi connectivity index (χ2v) is 15.3. The lowest BCUT2D eigenvalue weighted by molar-refractivity contribution is -0.385. The molecule has 0 bridgehead atoms. The van der Waals surface area contributed by atoms with Gasteiger partial charge in [-0.15, -0.1) is 11.8 Å². The van der Waals surface area contributed by atoms with Gasteiger partial charge >= 0.3 is 12.1 Å². The highest BCUT2D eigenvalue weighted by molar-refractivity contribution is 8.03. The van der Waals surface area contributed by atoms with Crippen LogP contribution in [0, 0.1) is 32.1 Å². The van der Waals surface area contributed by atoms with Crippen LogP contribution in [0.2, 0.25) is 0 Å². The van der Waals surface area contributed by atoms with E-state index in [1.165, 1.54) is 81.9 Å². The third kappa shape index (κ3) is 8.35. The van der Waals surface area contributed by atoms with E-state index in [1.54, 1.807) is 19.3 Å². The van der Waals surface area contributed by atoms with Crippen molar-refractivity contribution in [1.82, 2.24) is 19.7 Å². The molecule has 56 heavy (non-hydrogen) atoms. The molecule has 3 aliphatic rings. The van der Waals surface area contributed by atoms with Gasteiger partial charge < -0.3 is 24.4 Å². The maximum absolute atomic E-state index is 14.0. The van der Waals surface area contributed by atoms with E-state index < -0.39 is 63.1 Å². The maximum Gasteiger partial charge on any atom is 0.410 e. The number of nitro groups is 2. The fourth-order valence-electron chi connectivity index (χ4n) is 7.23. The van der Waals surface area contributed by atoms with Gasteiger partial charge in [0.2, 0.25) is 11.8 Å². The van der Waals surface area contributed by atoms with Crippen LogP contribution in [0.4, 0.5) is 16.2 Å². The van der Waals surface area contributed by atoms with Crippen molar-refractivity contribution in [3.05, 3.63) is 121 Å². The number of esters is 1. The maximum atomic E-state index is 14.0. The fraction of sp³-hybridized carbons (Fsp3) is 0.395. The number of fused-ring (bicyclic) bond motifs is 1. The van der Waals surface area contributed by atoms with Crippen molar-refractivity contribution in [3.8, 4) is 0 Å².